The van der Waals surface area contributed by atoms with E-state index >= 15 is 0 Å². The number of para-hydroxylation sites is 1. The average molecular weight is 423 g/mol. The molecular formula is C23H16F3N3O2. The van der Waals surface area contributed by atoms with Crippen LogP contribution in [0, 0.1) is 0 Å². The largest absolute Gasteiger partial charge is 0.417 e. The third kappa shape index (κ3) is 3.92. The maximum Gasteiger partial charge on any atom is 0.417 e. The number of benzene rings is 2. The predicted molar refractivity (Wildman–Crippen MR) is 112 cm³/mol. The van der Waals surface area contributed by atoms with Crippen LogP contribution < -0.4 is 10.7 Å². The van der Waals surface area contributed by atoms with Crippen molar-refractivity contribution >= 4 is 22.5 Å². The third-order valence-electron chi connectivity index (χ3n) is 4.86. The van der Waals surface area contributed by atoms with Crippen LogP contribution in [0.2, 0.25) is 0 Å². The Bertz CT molecular complexity index is 1350. The Balaban J connectivity index is 1.73. The predicted octanol–water partition coefficient (Wildman–Crippen LogP) is 4.87. The van der Waals surface area contributed by atoms with Gasteiger partial charge in [-0.3, -0.25) is 14.6 Å². The molecule has 5 nitrogen and oxygen atoms in total. The van der Waals surface area contributed by atoms with Gasteiger partial charge >= 0.3 is 6.18 Å². The number of hydrogen-bond acceptors (Lipinski definition) is 3. The molecule has 1 amide bonds. The number of halogens is 3. The Kier molecular flexibility index (Phi) is 5.06. The summed E-state index contributed by atoms with van der Waals surface area (Å²) in [6, 6.07) is 14.9. The first-order valence-corrected chi connectivity index (χ1v) is 9.28. The molecule has 0 atom stereocenters. The van der Waals surface area contributed by atoms with Gasteiger partial charge < -0.3 is 9.88 Å². The van der Waals surface area contributed by atoms with Crippen molar-refractivity contribution in [3.05, 3.63) is 94.4 Å². The van der Waals surface area contributed by atoms with E-state index in [2.05, 4.69) is 10.3 Å². The number of alkyl halides is 3. The van der Waals surface area contributed by atoms with Gasteiger partial charge in [-0.1, -0.05) is 24.3 Å². The first kappa shape index (κ1) is 20.3. The highest BCUT2D eigenvalue weighted by Gasteiger charge is 2.34. The standard InChI is InChI=1S/C23H16F3N3O2/c1-29-13-17(21(30)16-6-2-3-8-20(16)29)22(31)28-14-9-10-15(18(12-14)23(24,25)26)19-7-4-5-11-27-19/h2-13H,1H3,(H,28,31). The quantitative estimate of drug-likeness (QED) is 0.511. The molecule has 0 bridgehead atoms. The zero-order chi connectivity index (χ0) is 22.2. The minimum absolute atomic E-state index is 0.0767. The second-order valence-corrected chi connectivity index (χ2v) is 6.93. The summed E-state index contributed by atoms with van der Waals surface area (Å²) < 4.78 is 42.6. The van der Waals surface area contributed by atoms with Gasteiger partial charge in [-0.15, -0.1) is 0 Å². The lowest BCUT2D eigenvalue weighted by Gasteiger charge is -2.15. The van der Waals surface area contributed by atoms with Crippen molar-refractivity contribution in [2.45, 2.75) is 6.18 Å². The molecule has 156 valence electrons. The van der Waals surface area contributed by atoms with E-state index in [0.717, 1.165) is 6.07 Å². The van der Waals surface area contributed by atoms with Crippen molar-refractivity contribution < 1.29 is 18.0 Å². The number of nitrogens with zero attached hydrogens (tertiary/aromatic N) is 2. The fourth-order valence-corrected chi connectivity index (χ4v) is 3.40. The summed E-state index contributed by atoms with van der Waals surface area (Å²) >= 11 is 0. The maximum atomic E-state index is 13.7. The number of nitrogens with one attached hydrogen (secondary N) is 1. The maximum absolute atomic E-state index is 13.7. The highest BCUT2D eigenvalue weighted by atomic mass is 19.4. The summed E-state index contributed by atoms with van der Waals surface area (Å²) in [5.74, 6) is -0.787. The van der Waals surface area contributed by atoms with Gasteiger partial charge in [0.05, 0.1) is 16.8 Å². The molecule has 0 saturated heterocycles. The van der Waals surface area contributed by atoms with E-state index in [0.29, 0.717) is 10.9 Å². The molecule has 0 fully saturated rings. The van der Waals surface area contributed by atoms with E-state index < -0.39 is 23.1 Å². The van der Waals surface area contributed by atoms with Gasteiger partial charge in [0.2, 0.25) is 5.43 Å². The minimum atomic E-state index is -4.66. The Morgan fingerprint density at radius 2 is 1.77 bits per heavy atom. The van der Waals surface area contributed by atoms with Gasteiger partial charge in [0.15, 0.2) is 0 Å². The average Bonchev–Trinajstić information content (AvgIpc) is 2.76. The van der Waals surface area contributed by atoms with Crippen LogP contribution in [0.3, 0.4) is 0 Å². The molecule has 8 heteroatoms. The summed E-state index contributed by atoms with van der Waals surface area (Å²) in [7, 11) is 1.68. The second kappa shape index (κ2) is 7.71. The summed E-state index contributed by atoms with van der Waals surface area (Å²) in [5.41, 5.74) is -0.967. The minimum Gasteiger partial charge on any atom is -0.350 e. The molecule has 0 radical (unpaired) electrons. The Morgan fingerprint density at radius 1 is 1.03 bits per heavy atom. The monoisotopic (exact) mass is 423 g/mol. The molecule has 0 aliphatic rings. The molecule has 0 aliphatic carbocycles. The first-order chi connectivity index (χ1) is 14.8. The van der Waals surface area contributed by atoms with Crippen LogP contribution in [0.25, 0.3) is 22.2 Å². The van der Waals surface area contributed by atoms with Crippen LogP contribution in [-0.4, -0.2) is 15.5 Å². The first-order valence-electron chi connectivity index (χ1n) is 9.28. The summed E-state index contributed by atoms with van der Waals surface area (Å²) in [6.45, 7) is 0. The Morgan fingerprint density at radius 3 is 2.48 bits per heavy atom. The lowest BCUT2D eigenvalue weighted by Crippen LogP contribution is -2.23. The molecule has 1 N–H and O–H groups in total. The van der Waals surface area contributed by atoms with E-state index in [1.54, 1.807) is 48.0 Å². The van der Waals surface area contributed by atoms with Crippen molar-refractivity contribution in [3.63, 3.8) is 0 Å². The highest BCUT2D eigenvalue weighted by molar-refractivity contribution is 6.06. The molecule has 2 aromatic heterocycles. The van der Waals surface area contributed by atoms with Crippen LogP contribution in [0.4, 0.5) is 18.9 Å². The van der Waals surface area contributed by atoms with Crippen molar-refractivity contribution in [1.82, 2.24) is 9.55 Å². The number of aromatic nitrogens is 2. The van der Waals surface area contributed by atoms with Crippen molar-refractivity contribution in [1.29, 1.82) is 0 Å². The third-order valence-corrected chi connectivity index (χ3v) is 4.86. The number of hydrogen-bond donors (Lipinski definition) is 1. The molecule has 0 spiro atoms. The fraction of sp³-hybridized carbons (Fsp3) is 0.0870. The lowest BCUT2D eigenvalue weighted by molar-refractivity contribution is -0.137. The molecule has 0 saturated carbocycles. The lowest BCUT2D eigenvalue weighted by atomic mass is 10.0. The van der Waals surface area contributed by atoms with Crippen LogP contribution in [-0.2, 0) is 13.2 Å². The number of fused-ring (bicyclic) bond motifs is 1. The molecule has 0 unspecified atom stereocenters. The number of rotatable bonds is 3. The summed E-state index contributed by atoms with van der Waals surface area (Å²) in [5, 5.41) is 2.76. The Labute approximate surface area is 174 Å². The molecule has 2 aromatic carbocycles. The number of aryl methyl sites for hydroxylation is 1. The van der Waals surface area contributed by atoms with Crippen LogP contribution in [0.1, 0.15) is 15.9 Å². The molecule has 4 aromatic rings. The van der Waals surface area contributed by atoms with Gasteiger partial charge in [-0.05, 0) is 36.4 Å². The SMILES string of the molecule is Cn1cc(C(=O)Nc2ccc(-c3ccccn3)c(C(F)(F)F)c2)c(=O)c2ccccc21. The molecule has 2 heterocycles. The van der Waals surface area contributed by atoms with Crippen LogP contribution in [0.5, 0.6) is 0 Å². The zero-order valence-corrected chi connectivity index (χ0v) is 16.3. The van der Waals surface area contributed by atoms with Gasteiger partial charge in [-0.2, -0.15) is 13.2 Å². The topological polar surface area (TPSA) is 64.0 Å². The summed E-state index contributed by atoms with van der Waals surface area (Å²) in [6.07, 6.45) is -1.89. The number of amides is 1. The van der Waals surface area contributed by atoms with E-state index in [1.807, 2.05) is 0 Å². The normalized spacial score (nSPS) is 11.5. The number of carbonyl (C=O) groups excluding carboxylic acids is 1. The van der Waals surface area contributed by atoms with E-state index in [4.69, 9.17) is 0 Å². The van der Waals surface area contributed by atoms with E-state index in [9.17, 15) is 22.8 Å². The number of anilines is 1. The molecule has 0 aliphatic heterocycles. The van der Waals surface area contributed by atoms with E-state index in [1.165, 1.54) is 30.6 Å². The van der Waals surface area contributed by atoms with Gasteiger partial charge in [0, 0.05) is 36.1 Å². The zero-order valence-electron chi connectivity index (χ0n) is 16.3. The van der Waals surface area contributed by atoms with Crippen molar-refractivity contribution in [2.75, 3.05) is 5.32 Å². The Hall–Kier alpha value is -3.94. The second-order valence-electron chi connectivity index (χ2n) is 6.93. The molecule has 31 heavy (non-hydrogen) atoms. The smallest absolute Gasteiger partial charge is 0.350 e. The van der Waals surface area contributed by atoms with Crippen LogP contribution in [0.15, 0.2) is 77.9 Å². The molecular weight excluding hydrogens is 407 g/mol. The van der Waals surface area contributed by atoms with Crippen molar-refractivity contribution in [2.24, 2.45) is 7.05 Å². The number of pyridine rings is 2. The van der Waals surface area contributed by atoms with Gasteiger partial charge in [0.1, 0.15) is 5.56 Å². The van der Waals surface area contributed by atoms with Gasteiger partial charge in [-0.25, -0.2) is 0 Å². The fourth-order valence-electron chi connectivity index (χ4n) is 3.40. The summed E-state index contributed by atoms with van der Waals surface area (Å²) in [4.78, 5) is 29.4. The van der Waals surface area contributed by atoms with Crippen molar-refractivity contribution in [3.8, 4) is 11.3 Å². The highest BCUT2D eigenvalue weighted by Crippen LogP contribution is 2.38. The van der Waals surface area contributed by atoms with Crippen LogP contribution >= 0.6 is 0 Å². The molecule has 4 rings (SSSR count). The van der Waals surface area contributed by atoms with E-state index in [-0.39, 0.29) is 22.5 Å². The van der Waals surface area contributed by atoms with Gasteiger partial charge in [0.25, 0.3) is 5.91 Å². The number of carbonyl (C=O) groups is 1.